The zero-order chi connectivity index (χ0) is 12.4. The molecule has 0 spiro atoms. The molecule has 0 amide bonds. The van der Waals surface area contributed by atoms with E-state index in [0.717, 1.165) is 16.7 Å². The summed E-state index contributed by atoms with van der Waals surface area (Å²) in [4.78, 5) is 10.3. The summed E-state index contributed by atoms with van der Waals surface area (Å²) >= 11 is 0. The van der Waals surface area contributed by atoms with E-state index in [2.05, 4.69) is 6.07 Å². The van der Waals surface area contributed by atoms with Gasteiger partial charge in [-0.3, -0.25) is 10.1 Å². The number of rotatable bonds is 2. The number of hydrogen-bond acceptors (Lipinski definition) is 2. The van der Waals surface area contributed by atoms with E-state index in [-0.39, 0.29) is 5.69 Å². The van der Waals surface area contributed by atoms with Crippen LogP contribution in [-0.4, -0.2) is 4.92 Å². The van der Waals surface area contributed by atoms with Crippen LogP contribution in [0.5, 0.6) is 0 Å². The lowest BCUT2D eigenvalue weighted by Gasteiger charge is -2.06. The minimum absolute atomic E-state index is 0.00572. The van der Waals surface area contributed by atoms with Crippen LogP contribution in [0.25, 0.3) is 11.1 Å². The molecule has 0 aliphatic heterocycles. The third kappa shape index (κ3) is 2.33. The molecular formula is C14H12NO2. The fraction of sp³-hybridized carbons (Fsp3) is 0.143. The van der Waals surface area contributed by atoms with Gasteiger partial charge in [0.2, 0.25) is 0 Å². The van der Waals surface area contributed by atoms with Gasteiger partial charge in [-0.2, -0.15) is 0 Å². The second-order valence-electron chi connectivity index (χ2n) is 4.04. The standard InChI is InChI=1S/C14H12NO2/c1-10-3-6-12(7-4-10)14-9-13(15(16)17)8-5-11(14)2/h3-7,9H,1-2H3. The Bertz CT molecular complexity index is 559. The second kappa shape index (κ2) is 4.37. The molecule has 0 bridgehead atoms. The van der Waals surface area contributed by atoms with Crippen molar-refractivity contribution in [2.75, 3.05) is 0 Å². The molecular weight excluding hydrogens is 214 g/mol. The zero-order valence-corrected chi connectivity index (χ0v) is 9.73. The molecule has 3 nitrogen and oxygen atoms in total. The molecule has 2 aromatic rings. The molecule has 0 unspecified atom stereocenters. The Morgan fingerprint density at radius 3 is 2.41 bits per heavy atom. The monoisotopic (exact) mass is 226 g/mol. The first kappa shape index (κ1) is 11.3. The summed E-state index contributed by atoms with van der Waals surface area (Å²) in [5.41, 5.74) is 4.04. The predicted molar refractivity (Wildman–Crippen MR) is 66.8 cm³/mol. The minimum Gasteiger partial charge on any atom is -0.258 e. The molecule has 0 heterocycles. The number of hydrogen-bond donors (Lipinski definition) is 0. The molecule has 3 heteroatoms. The molecule has 17 heavy (non-hydrogen) atoms. The Hall–Kier alpha value is -2.16. The third-order valence-corrected chi connectivity index (χ3v) is 2.70. The smallest absolute Gasteiger partial charge is 0.258 e. The molecule has 0 saturated carbocycles. The van der Waals surface area contributed by atoms with E-state index >= 15 is 0 Å². The van der Waals surface area contributed by atoms with E-state index in [1.807, 2.05) is 38.1 Å². The molecule has 0 aliphatic carbocycles. The highest BCUT2D eigenvalue weighted by Crippen LogP contribution is 2.27. The van der Waals surface area contributed by atoms with Gasteiger partial charge in [0.25, 0.3) is 5.69 Å². The number of non-ortho nitro benzene ring substituents is 1. The first-order valence-electron chi connectivity index (χ1n) is 5.31. The van der Waals surface area contributed by atoms with Crippen molar-refractivity contribution < 1.29 is 4.92 Å². The molecule has 0 atom stereocenters. The second-order valence-corrected chi connectivity index (χ2v) is 4.04. The van der Waals surface area contributed by atoms with Gasteiger partial charge >= 0.3 is 0 Å². The summed E-state index contributed by atoms with van der Waals surface area (Å²) in [7, 11) is 0. The molecule has 0 aliphatic rings. The lowest BCUT2D eigenvalue weighted by molar-refractivity contribution is -0.385. The Morgan fingerprint density at radius 2 is 1.82 bits per heavy atom. The number of nitro benzene ring substituents is 1. The zero-order valence-electron chi connectivity index (χ0n) is 9.73. The summed E-state index contributed by atoms with van der Waals surface area (Å²) in [5, 5.41) is 10.7. The van der Waals surface area contributed by atoms with Crippen LogP contribution in [-0.2, 0) is 0 Å². The van der Waals surface area contributed by atoms with Gasteiger partial charge in [-0.25, -0.2) is 0 Å². The van der Waals surface area contributed by atoms with E-state index in [1.165, 1.54) is 5.56 Å². The van der Waals surface area contributed by atoms with Crippen LogP contribution < -0.4 is 0 Å². The Balaban J connectivity index is 2.54. The summed E-state index contributed by atoms with van der Waals surface area (Å²) in [6, 6.07) is 13.8. The quantitative estimate of drug-likeness (QED) is 0.579. The highest BCUT2D eigenvalue weighted by Gasteiger charge is 2.10. The largest absolute Gasteiger partial charge is 0.278 e. The summed E-state index contributed by atoms with van der Waals surface area (Å²) in [5.74, 6) is 0. The number of nitro groups is 1. The van der Waals surface area contributed by atoms with Crippen molar-refractivity contribution in [2.24, 2.45) is 0 Å². The topological polar surface area (TPSA) is 43.1 Å². The normalized spacial score (nSPS) is 10.2. The van der Waals surface area contributed by atoms with Crippen LogP contribution in [0, 0.1) is 30.0 Å². The molecule has 1 radical (unpaired) electrons. The van der Waals surface area contributed by atoms with E-state index in [4.69, 9.17) is 0 Å². The fourth-order valence-electron chi connectivity index (χ4n) is 1.70. The average molecular weight is 226 g/mol. The van der Waals surface area contributed by atoms with Gasteiger partial charge in [-0.05, 0) is 36.6 Å². The summed E-state index contributed by atoms with van der Waals surface area (Å²) in [6.45, 7) is 3.94. The van der Waals surface area contributed by atoms with Gasteiger partial charge < -0.3 is 0 Å². The van der Waals surface area contributed by atoms with Crippen molar-refractivity contribution in [2.45, 2.75) is 13.8 Å². The Labute approximate surface area is 99.9 Å². The highest BCUT2D eigenvalue weighted by molar-refractivity contribution is 5.69. The lowest BCUT2D eigenvalue weighted by Crippen LogP contribution is -1.91. The van der Waals surface area contributed by atoms with Crippen LogP contribution in [0.15, 0.2) is 36.4 Å². The van der Waals surface area contributed by atoms with Crippen LogP contribution >= 0.6 is 0 Å². The molecule has 0 saturated heterocycles. The van der Waals surface area contributed by atoms with Crippen LogP contribution in [0.1, 0.15) is 11.1 Å². The average Bonchev–Trinajstić information content (AvgIpc) is 2.31. The SMILES string of the molecule is Cc1ccc(-c2cc([N+](=O)[O-])[c]cc2C)cc1. The lowest BCUT2D eigenvalue weighted by atomic mass is 9.99. The van der Waals surface area contributed by atoms with Gasteiger partial charge in [0.15, 0.2) is 0 Å². The van der Waals surface area contributed by atoms with Crippen molar-refractivity contribution in [1.29, 1.82) is 0 Å². The van der Waals surface area contributed by atoms with Crippen molar-refractivity contribution in [3.63, 3.8) is 0 Å². The number of benzene rings is 2. The Morgan fingerprint density at radius 1 is 1.18 bits per heavy atom. The van der Waals surface area contributed by atoms with Gasteiger partial charge in [0.1, 0.15) is 0 Å². The van der Waals surface area contributed by atoms with Crippen LogP contribution in [0.4, 0.5) is 5.69 Å². The molecule has 0 aromatic heterocycles. The molecule has 85 valence electrons. The van der Waals surface area contributed by atoms with E-state index in [1.54, 1.807) is 12.1 Å². The van der Waals surface area contributed by atoms with Gasteiger partial charge in [0.05, 0.1) is 11.0 Å². The van der Waals surface area contributed by atoms with Crippen molar-refractivity contribution in [1.82, 2.24) is 0 Å². The maximum absolute atomic E-state index is 10.7. The number of aryl methyl sites for hydroxylation is 2. The minimum atomic E-state index is -0.420. The van der Waals surface area contributed by atoms with Crippen molar-refractivity contribution in [3.8, 4) is 11.1 Å². The van der Waals surface area contributed by atoms with Crippen LogP contribution in [0.3, 0.4) is 0 Å². The van der Waals surface area contributed by atoms with Crippen molar-refractivity contribution >= 4 is 5.69 Å². The molecule has 2 rings (SSSR count). The molecule has 0 fully saturated rings. The first-order chi connectivity index (χ1) is 8.08. The van der Waals surface area contributed by atoms with Gasteiger partial charge in [-0.15, -0.1) is 0 Å². The first-order valence-corrected chi connectivity index (χ1v) is 5.31. The summed E-state index contributed by atoms with van der Waals surface area (Å²) < 4.78 is 0. The third-order valence-electron chi connectivity index (χ3n) is 2.70. The van der Waals surface area contributed by atoms with E-state index in [0.29, 0.717) is 0 Å². The maximum atomic E-state index is 10.7. The Kier molecular flexibility index (Phi) is 2.91. The van der Waals surface area contributed by atoms with Crippen molar-refractivity contribution in [3.05, 3.63) is 63.7 Å². The van der Waals surface area contributed by atoms with E-state index < -0.39 is 4.92 Å². The highest BCUT2D eigenvalue weighted by atomic mass is 16.6. The molecule has 2 aromatic carbocycles. The van der Waals surface area contributed by atoms with Gasteiger partial charge in [-0.1, -0.05) is 29.8 Å². The number of nitrogens with zero attached hydrogens (tertiary/aromatic N) is 1. The van der Waals surface area contributed by atoms with Crippen LogP contribution in [0.2, 0.25) is 0 Å². The summed E-state index contributed by atoms with van der Waals surface area (Å²) in [6.07, 6.45) is 0. The maximum Gasteiger partial charge on any atom is 0.278 e. The van der Waals surface area contributed by atoms with Gasteiger partial charge in [0, 0.05) is 6.07 Å². The fourth-order valence-corrected chi connectivity index (χ4v) is 1.70. The predicted octanol–water partition coefficient (Wildman–Crippen LogP) is 3.68. The van der Waals surface area contributed by atoms with E-state index in [9.17, 15) is 10.1 Å². The molecule has 0 N–H and O–H groups in total.